The van der Waals surface area contributed by atoms with Gasteiger partial charge in [-0.05, 0) is 139 Å². The number of allylic oxidation sites excluding steroid dienone is 10. The Morgan fingerprint density at radius 1 is 0.883 bits per heavy atom. The maximum atomic E-state index is 12.1. The minimum Gasteiger partial charge on any atom is -0.375 e. The molecule has 5 unspecified atom stereocenters. The van der Waals surface area contributed by atoms with Gasteiger partial charge in [0.15, 0.2) is 0 Å². The number of hydrogen-bond donors (Lipinski definition) is 1. The van der Waals surface area contributed by atoms with Gasteiger partial charge < -0.3 is 9.90 Å². The van der Waals surface area contributed by atoms with E-state index < -0.39 is 5.72 Å². The van der Waals surface area contributed by atoms with E-state index in [9.17, 15) is 9.90 Å². The third kappa shape index (κ3) is 23.1. The second kappa shape index (κ2) is 35.1. The van der Waals surface area contributed by atoms with Crippen LogP contribution in [0.5, 0.6) is 0 Å². The highest BCUT2D eigenvalue weighted by Crippen LogP contribution is 2.44. The molecule has 3 nitrogen and oxygen atoms in total. The number of piperidine rings is 1. The molecule has 3 fully saturated rings. The smallest absolute Gasteiger partial charge is 0.123 e. The zero-order valence-electron chi connectivity index (χ0n) is 41.8. The molecular formula is C57H99NO2. The van der Waals surface area contributed by atoms with Crippen LogP contribution >= 0.6 is 0 Å². The fourth-order valence-corrected chi connectivity index (χ4v) is 9.54. The van der Waals surface area contributed by atoms with E-state index in [1.807, 2.05) is 39.8 Å². The number of nitrogens with zero attached hydrogens (tertiary/aromatic N) is 1. The molecule has 1 heterocycles. The average molecular weight is 830 g/mol. The third-order valence-corrected chi connectivity index (χ3v) is 13.6. The van der Waals surface area contributed by atoms with Crippen molar-refractivity contribution in [3.63, 3.8) is 0 Å². The number of hydrogen-bond acceptors (Lipinski definition) is 3. The minimum absolute atomic E-state index is 0.267. The highest BCUT2D eigenvalue weighted by atomic mass is 16.3. The van der Waals surface area contributed by atoms with Crippen molar-refractivity contribution < 1.29 is 9.90 Å². The fourth-order valence-electron chi connectivity index (χ4n) is 9.54. The molecule has 3 rings (SSSR count). The zero-order chi connectivity index (χ0) is 45.3. The summed E-state index contributed by atoms with van der Waals surface area (Å²) in [6.07, 6.45) is 42.0. The average Bonchev–Trinajstić information content (AvgIpc) is 3.26. The SMILES string of the molecule is C=CC=C=C(C)C1CCCCN1C1(O)C[C@H](CC/C(C)=C/C=C/C=C/CCC(C)C(=C)CC(C)/C(C)=C/CC=O)CCC1C.CC.CC.CCC[C@H](C)CC1CCCCC1. The fraction of sp³-hybridized carbons (Fsp3) is 0.719. The van der Waals surface area contributed by atoms with Gasteiger partial charge in [-0.1, -0.05) is 186 Å². The summed E-state index contributed by atoms with van der Waals surface area (Å²) >= 11 is 0. The summed E-state index contributed by atoms with van der Waals surface area (Å²) in [4.78, 5) is 13.1. The lowest BCUT2D eigenvalue weighted by molar-refractivity contribution is -0.193. The highest BCUT2D eigenvalue weighted by Gasteiger charge is 2.47. The van der Waals surface area contributed by atoms with Gasteiger partial charge in [0, 0.05) is 19.0 Å². The Morgan fingerprint density at radius 2 is 1.57 bits per heavy atom. The first-order valence-electron chi connectivity index (χ1n) is 25.2. The highest BCUT2D eigenvalue weighted by molar-refractivity contribution is 5.52. The van der Waals surface area contributed by atoms with Gasteiger partial charge in [0.05, 0.1) is 0 Å². The molecule has 3 heteroatoms. The molecule has 60 heavy (non-hydrogen) atoms. The molecule has 0 bridgehead atoms. The van der Waals surface area contributed by atoms with E-state index in [-0.39, 0.29) is 12.0 Å². The third-order valence-electron chi connectivity index (χ3n) is 13.6. The summed E-state index contributed by atoms with van der Waals surface area (Å²) in [6.45, 7) is 35.1. The normalized spacial score (nSPS) is 24.3. The van der Waals surface area contributed by atoms with Crippen LogP contribution < -0.4 is 0 Å². The summed E-state index contributed by atoms with van der Waals surface area (Å²) in [5.41, 5.74) is 7.86. The Hall–Kier alpha value is -2.45. The summed E-state index contributed by atoms with van der Waals surface area (Å²) in [5.74, 6) is 3.83. The van der Waals surface area contributed by atoms with Crippen molar-refractivity contribution in [1.82, 2.24) is 4.90 Å². The van der Waals surface area contributed by atoms with Crippen LogP contribution in [0.2, 0.25) is 0 Å². The topological polar surface area (TPSA) is 40.5 Å². The molecule has 1 aliphatic heterocycles. The molecule has 0 amide bonds. The maximum Gasteiger partial charge on any atom is 0.123 e. The van der Waals surface area contributed by atoms with Crippen LogP contribution in [0.25, 0.3) is 0 Å². The summed E-state index contributed by atoms with van der Waals surface area (Å²) in [6, 6.07) is 0.267. The largest absolute Gasteiger partial charge is 0.375 e. The molecule has 7 atom stereocenters. The van der Waals surface area contributed by atoms with Crippen LogP contribution in [-0.2, 0) is 4.79 Å². The molecule has 2 saturated carbocycles. The predicted molar refractivity (Wildman–Crippen MR) is 268 cm³/mol. The van der Waals surface area contributed by atoms with Gasteiger partial charge in [-0.2, -0.15) is 0 Å². The van der Waals surface area contributed by atoms with Gasteiger partial charge in [-0.25, -0.2) is 0 Å². The Morgan fingerprint density at radius 3 is 2.22 bits per heavy atom. The number of rotatable bonds is 21. The number of likely N-dealkylation sites (tertiary alicyclic amines) is 1. The monoisotopic (exact) mass is 830 g/mol. The first-order chi connectivity index (χ1) is 28.9. The van der Waals surface area contributed by atoms with Gasteiger partial charge >= 0.3 is 0 Å². The van der Waals surface area contributed by atoms with Crippen LogP contribution in [-0.4, -0.2) is 34.6 Å². The number of carbonyl (C=O) groups excluding carboxylic acids is 1. The van der Waals surface area contributed by atoms with Crippen LogP contribution in [0, 0.1) is 35.5 Å². The first-order valence-corrected chi connectivity index (χ1v) is 25.2. The molecule has 344 valence electrons. The molecule has 0 spiro atoms. The first kappa shape index (κ1) is 57.5. The molecular weight excluding hydrogens is 731 g/mol. The van der Waals surface area contributed by atoms with Crippen molar-refractivity contribution in [3.05, 3.63) is 89.8 Å². The number of aldehydes is 1. The zero-order valence-corrected chi connectivity index (χ0v) is 41.8. The Kier molecular flexibility index (Phi) is 33.6. The Balaban J connectivity index is 0.00000183. The quantitative estimate of drug-likeness (QED) is 0.0542. The molecule has 0 radical (unpaired) electrons. The molecule has 2 aliphatic carbocycles. The van der Waals surface area contributed by atoms with Crippen molar-refractivity contribution in [2.75, 3.05) is 6.54 Å². The van der Waals surface area contributed by atoms with Gasteiger partial charge in [-0.15, -0.1) is 5.73 Å². The molecule has 3 aliphatic rings. The maximum absolute atomic E-state index is 12.1. The lowest BCUT2D eigenvalue weighted by atomic mass is 9.72. The van der Waals surface area contributed by atoms with Gasteiger partial charge in [0.1, 0.15) is 12.0 Å². The van der Waals surface area contributed by atoms with Crippen molar-refractivity contribution >= 4 is 6.29 Å². The van der Waals surface area contributed by atoms with Crippen molar-refractivity contribution in [3.8, 4) is 0 Å². The van der Waals surface area contributed by atoms with E-state index >= 15 is 0 Å². The van der Waals surface area contributed by atoms with E-state index in [4.69, 9.17) is 0 Å². The van der Waals surface area contributed by atoms with Gasteiger partial charge in [-0.3, -0.25) is 4.90 Å². The van der Waals surface area contributed by atoms with Crippen LogP contribution in [0.1, 0.15) is 212 Å². The lowest BCUT2D eigenvalue weighted by Gasteiger charge is -2.53. The molecule has 1 N–H and O–H groups in total. The Labute approximate surface area is 374 Å². The van der Waals surface area contributed by atoms with E-state index in [1.54, 1.807) is 6.08 Å². The van der Waals surface area contributed by atoms with E-state index in [0.29, 0.717) is 24.2 Å². The molecule has 0 aromatic carbocycles. The van der Waals surface area contributed by atoms with Gasteiger partial charge in [0.2, 0.25) is 0 Å². The van der Waals surface area contributed by atoms with Crippen molar-refractivity contribution in [2.45, 2.75) is 223 Å². The molecule has 0 aromatic heterocycles. The van der Waals surface area contributed by atoms with E-state index in [1.165, 1.54) is 86.5 Å². The van der Waals surface area contributed by atoms with Crippen LogP contribution in [0.15, 0.2) is 89.8 Å². The predicted octanol–water partition coefficient (Wildman–Crippen LogP) is 17.1. The van der Waals surface area contributed by atoms with E-state index in [2.05, 4.69) is 110 Å². The summed E-state index contributed by atoms with van der Waals surface area (Å²) < 4.78 is 0. The van der Waals surface area contributed by atoms with Crippen LogP contribution in [0.4, 0.5) is 0 Å². The summed E-state index contributed by atoms with van der Waals surface area (Å²) in [7, 11) is 0. The lowest BCUT2D eigenvalue weighted by Crippen LogP contribution is -2.61. The number of carbonyl (C=O) groups is 1. The summed E-state index contributed by atoms with van der Waals surface area (Å²) in [5, 5.41) is 12.1. The molecule has 1 saturated heterocycles. The Bertz CT molecular complexity index is 1330. The minimum atomic E-state index is -0.734. The van der Waals surface area contributed by atoms with E-state index in [0.717, 1.165) is 82.5 Å². The number of aliphatic hydroxyl groups is 1. The second-order valence-electron chi connectivity index (χ2n) is 18.5. The van der Waals surface area contributed by atoms with Crippen molar-refractivity contribution in [1.29, 1.82) is 0 Å². The van der Waals surface area contributed by atoms with Gasteiger partial charge in [0.25, 0.3) is 0 Å². The second-order valence-corrected chi connectivity index (χ2v) is 18.5. The van der Waals surface area contributed by atoms with Crippen LogP contribution in [0.3, 0.4) is 0 Å². The molecule has 0 aromatic rings. The van der Waals surface area contributed by atoms with Crippen molar-refractivity contribution in [2.24, 2.45) is 35.5 Å². The standard InChI is InChI=1S/C41H63NO2.C12H24.2C2H6/c1-9-10-20-35(5)40-23-16-17-28-42(40)41(44)31-39(27-25-38(41)8)26-24-32(2)19-14-12-11-13-15-21-33(3)36(6)30-37(7)34(4)22-18-29-43;1-3-7-11(2)10-12-8-5-4-6-9-12;2*1-2/h9-14,19,22,29,33,37-40,44H,1,6,15-18,21,23-28,30-31H2,2-5,7-8H3;11-12H,3-10H2,1-2H3;2*1-2H3/b13-11+,14-12+,32-19+,34-22+;;;/t20?,33?,37?,38?,39-,40?,41?;11-;;/m10../s1.